The summed E-state index contributed by atoms with van der Waals surface area (Å²) >= 11 is 0. The molecule has 0 atom stereocenters. The predicted octanol–water partition coefficient (Wildman–Crippen LogP) is 0.825. The number of hydrogen-bond acceptors (Lipinski definition) is 6. The number of anilines is 2. The third-order valence-corrected chi connectivity index (χ3v) is 3.72. The van der Waals surface area contributed by atoms with Crippen LogP contribution in [0.1, 0.15) is 16.1 Å². The first-order valence-corrected chi connectivity index (χ1v) is 7.51. The number of morpholine rings is 1. The Labute approximate surface area is 134 Å². The molecule has 0 saturated carbocycles. The molecule has 2 heterocycles. The number of ether oxygens (including phenoxy) is 1. The van der Waals surface area contributed by atoms with Crippen molar-refractivity contribution < 1.29 is 9.53 Å². The molecular weight excluding hydrogens is 294 g/mol. The highest BCUT2D eigenvalue weighted by molar-refractivity contribution is 5.96. The number of hydrogen-bond donors (Lipinski definition) is 2. The predicted molar refractivity (Wildman–Crippen MR) is 87.1 cm³/mol. The third-order valence-electron chi connectivity index (χ3n) is 3.72. The van der Waals surface area contributed by atoms with Gasteiger partial charge in [0.25, 0.3) is 5.91 Å². The molecule has 7 nitrogen and oxygen atoms in total. The second-order valence-corrected chi connectivity index (χ2v) is 5.20. The fourth-order valence-corrected chi connectivity index (χ4v) is 2.56. The summed E-state index contributed by atoms with van der Waals surface area (Å²) in [4.78, 5) is 22.3. The number of carbonyl (C=O) groups is 1. The van der Waals surface area contributed by atoms with Gasteiger partial charge >= 0.3 is 0 Å². The second-order valence-electron chi connectivity index (χ2n) is 5.20. The van der Waals surface area contributed by atoms with Crippen molar-refractivity contribution in [2.24, 2.45) is 0 Å². The number of amides is 1. The molecule has 0 aliphatic carbocycles. The molecule has 1 aliphatic rings. The smallest absolute Gasteiger partial charge is 0.273 e. The molecular formula is C16H19N5O2. The minimum atomic E-state index is -0.326. The minimum Gasteiger partial charge on any atom is -0.382 e. The normalized spacial score (nSPS) is 14.5. The van der Waals surface area contributed by atoms with Gasteiger partial charge in [0.05, 0.1) is 13.2 Å². The lowest BCUT2D eigenvalue weighted by Gasteiger charge is -2.30. The largest absolute Gasteiger partial charge is 0.382 e. The number of para-hydroxylation sites is 1. The summed E-state index contributed by atoms with van der Waals surface area (Å²) in [7, 11) is 0. The van der Waals surface area contributed by atoms with Gasteiger partial charge < -0.3 is 20.7 Å². The number of aromatic nitrogens is 2. The maximum atomic E-state index is 12.2. The van der Waals surface area contributed by atoms with Crippen LogP contribution >= 0.6 is 0 Å². The molecule has 7 heteroatoms. The van der Waals surface area contributed by atoms with Crippen molar-refractivity contribution in [3.63, 3.8) is 0 Å². The summed E-state index contributed by atoms with van der Waals surface area (Å²) in [6.45, 7) is 3.54. The van der Waals surface area contributed by atoms with Gasteiger partial charge in [-0.15, -0.1) is 0 Å². The first kappa shape index (κ1) is 15.2. The summed E-state index contributed by atoms with van der Waals surface area (Å²) in [5, 5.41) is 2.86. The first-order chi connectivity index (χ1) is 11.3. The molecule has 0 unspecified atom stereocenters. The van der Waals surface area contributed by atoms with Crippen LogP contribution in [0.5, 0.6) is 0 Å². The fraction of sp³-hybridized carbons (Fsp3) is 0.312. The van der Waals surface area contributed by atoms with E-state index in [0.717, 1.165) is 37.6 Å². The molecule has 1 aliphatic heterocycles. The van der Waals surface area contributed by atoms with E-state index < -0.39 is 0 Å². The van der Waals surface area contributed by atoms with E-state index in [9.17, 15) is 4.79 Å². The van der Waals surface area contributed by atoms with Crippen LogP contribution in [0.3, 0.4) is 0 Å². The molecule has 2 aromatic rings. The summed E-state index contributed by atoms with van der Waals surface area (Å²) in [5.41, 5.74) is 7.99. The van der Waals surface area contributed by atoms with Gasteiger partial charge in [-0.3, -0.25) is 4.79 Å². The fourth-order valence-electron chi connectivity index (χ4n) is 2.56. The number of benzene rings is 1. The Kier molecular flexibility index (Phi) is 4.68. The van der Waals surface area contributed by atoms with E-state index in [2.05, 4.69) is 26.3 Å². The molecule has 1 saturated heterocycles. The highest BCUT2D eigenvalue weighted by Crippen LogP contribution is 2.21. The molecule has 3 rings (SSSR count). The topological polar surface area (TPSA) is 93.4 Å². The van der Waals surface area contributed by atoms with Crippen molar-refractivity contribution in [1.82, 2.24) is 15.3 Å². The van der Waals surface area contributed by atoms with Crippen LogP contribution in [-0.2, 0) is 11.3 Å². The van der Waals surface area contributed by atoms with Gasteiger partial charge in [-0.2, -0.15) is 0 Å². The number of nitrogens with zero attached hydrogens (tertiary/aromatic N) is 3. The average molecular weight is 313 g/mol. The van der Waals surface area contributed by atoms with Gasteiger partial charge in [-0.25, -0.2) is 9.97 Å². The Balaban J connectivity index is 1.71. The summed E-state index contributed by atoms with van der Waals surface area (Å²) in [6.07, 6.45) is 2.91. The molecule has 1 amide bonds. The standard InChI is InChI=1S/C16H19N5O2/c17-15-14(18-5-6-19-15)16(22)20-11-12-3-1-2-4-13(12)21-7-9-23-10-8-21/h1-6H,7-11H2,(H2,17,19)(H,20,22). The van der Waals surface area contributed by atoms with Gasteiger partial charge in [0.2, 0.25) is 0 Å². The van der Waals surface area contributed by atoms with Crippen molar-refractivity contribution in [3.05, 3.63) is 47.9 Å². The van der Waals surface area contributed by atoms with Crippen LogP contribution in [0.4, 0.5) is 11.5 Å². The molecule has 3 N–H and O–H groups in total. The quantitative estimate of drug-likeness (QED) is 0.868. The Morgan fingerprint density at radius 3 is 2.74 bits per heavy atom. The van der Waals surface area contributed by atoms with E-state index in [-0.39, 0.29) is 17.4 Å². The van der Waals surface area contributed by atoms with Crippen LogP contribution in [0.25, 0.3) is 0 Å². The van der Waals surface area contributed by atoms with Crippen LogP contribution in [0.15, 0.2) is 36.7 Å². The van der Waals surface area contributed by atoms with E-state index in [0.29, 0.717) is 6.54 Å². The van der Waals surface area contributed by atoms with Crippen LogP contribution in [0, 0.1) is 0 Å². The molecule has 1 aromatic carbocycles. The van der Waals surface area contributed by atoms with Crippen molar-refractivity contribution in [2.75, 3.05) is 36.9 Å². The molecule has 0 bridgehead atoms. The Morgan fingerprint density at radius 2 is 1.96 bits per heavy atom. The zero-order valence-electron chi connectivity index (χ0n) is 12.7. The average Bonchev–Trinajstić information content (AvgIpc) is 2.61. The lowest BCUT2D eigenvalue weighted by molar-refractivity contribution is 0.0946. The van der Waals surface area contributed by atoms with E-state index >= 15 is 0 Å². The van der Waals surface area contributed by atoms with Crippen LogP contribution in [-0.4, -0.2) is 42.2 Å². The van der Waals surface area contributed by atoms with Gasteiger partial charge in [0.15, 0.2) is 11.5 Å². The number of nitrogens with two attached hydrogens (primary N) is 1. The SMILES string of the molecule is Nc1nccnc1C(=O)NCc1ccccc1N1CCOCC1. The summed E-state index contributed by atoms with van der Waals surface area (Å²) in [5.74, 6) is -0.196. The Bertz CT molecular complexity index is 686. The number of nitrogen functional groups attached to an aromatic ring is 1. The monoisotopic (exact) mass is 313 g/mol. The lowest BCUT2D eigenvalue weighted by Crippen LogP contribution is -2.37. The highest BCUT2D eigenvalue weighted by Gasteiger charge is 2.16. The molecule has 120 valence electrons. The number of nitrogens with one attached hydrogen (secondary N) is 1. The van der Waals surface area contributed by atoms with Crippen LogP contribution < -0.4 is 16.0 Å². The van der Waals surface area contributed by atoms with Gasteiger partial charge in [-0.1, -0.05) is 18.2 Å². The maximum Gasteiger partial charge on any atom is 0.273 e. The number of rotatable bonds is 4. The number of carbonyl (C=O) groups excluding carboxylic acids is 1. The zero-order chi connectivity index (χ0) is 16.1. The molecule has 0 radical (unpaired) electrons. The van der Waals surface area contributed by atoms with Gasteiger partial charge in [-0.05, 0) is 11.6 Å². The molecule has 1 aromatic heterocycles. The lowest BCUT2D eigenvalue weighted by atomic mass is 10.1. The Morgan fingerprint density at radius 1 is 1.22 bits per heavy atom. The van der Waals surface area contributed by atoms with E-state index in [4.69, 9.17) is 10.5 Å². The van der Waals surface area contributed by atoms with Crippen molar-refractivity contribution >= 4 is 17.4 Å². The van der Waals surface area contributed by atoms with E-state index in [1.165, 1.54) is 12.4 Å². The highest BCUT2D eigenvalue weighted by atomic mass is 16.5. The molecule has 23 heavy (non-hydrogen) atoms. The Hall–Kier alpha value is -2.67. The summed E-state index contributed by atoms with van der Waals surface area (Å²) in [6, 6.07) is 8.02. The summed E-state index contributed by atoms with van der Waals surface area (Å²) < 4.78 is 5.39. The third kappa shape index (κ3) is 3.57. The second kappa shape index (κ2) is 7.06. The molecule has 0 spiro atoms. The van der Waals surface area contributed by atoms with Crippen molar-refractivity contribution in [1.29, 1.82) is 0 Å². The van der Waals surface area contributed by atoms with Gasteiger partial charge in [0.1, 0.15) is 0 Å². The van der Waals surface area contributed by atoms with Crippen LogP contribution in [0.2, 0.25) is 0 Å². The van der Waals surface area contributed by atoms with E-state index in [1.54, 1.807) is 0 Å². The minimum absolute atomic E-state index is 0.131. The molecule has 1 fully saturated rings. The zero-order valence-corrected chi connectivity index (χ0v) is 12.7. The van der Waals surface area contributed by atoms with Crippen molar-refractivity contribution in [2.45, 2.75) is 6.54 Å². The first-order valence-electron chi connectivity index (χ1n) is 7.51. The maximum absolute atomic E-state index is 12.2. The van der Waals surface area contributed by atoms with Crippen molar-refractivity contribution in [3.8, 4) is 0 Å². The van der Waals surface area contributed by atoms with E-state index in [1.807, 2.05) is 18.2 Å². The van der Waals surface area contributed by atoms with Gasteiger partial charge in [0, 0.05) is 37.7 Å².